The van der Waals surface area contributed by atoms with Crippen LogP contribution in [-0.4, -0.2) is 24.4 Å². The van der Waals surface area contributed by atoms with E-state index in [4.69, 9.17) is 4.74 Å². The lowest BCUT2D eigenvalue weighted by Gasteiger charge is -2.31. The maximum Gasteiger partial charge on any atom is 0.0832 e. The summed E-state index contributed by atoms with van der Waals surface area (Å²) in [5, 5.41) is 9.51. The molecule has 3 atom stereocenters. The van der Waals surface area contributed by atoms with E-state index in [1.807, 2.05) is 0 Å². The van der Waals surface area contributed by atoms with E-state index in [0.717, 1.165) is 12.8 Å². The monoisotopic (exact) mass is 144 g/mol. The first-order valence-corrected chi connectivity index (χ1v) is 3.96. The molecule has 0 aromatic heterocycles. The van der Waals surface area contributed by atoms with Crippen molar-refractivity contribution in [1.82, 2.24) is 0 Å². The van der Waals surface area contributed by atoms with Crippen LogP contribution in [0.5, 0.6) is 0 Å². The number of hydrogen-bond acceptors (Lipinski definition) is 2. The van der Waals surface area contributed by atoms with Gasteiger partial charge in [0.2, 0.25) is 0 Å². The molecule has 0 bridgehead atoms. The van der Waals surface area contributed by atoms with Crippen LogP contribution in [0.25, 0.3) is 0 Å². The van der Waals surface area contributed by atoms with Gasteiger partial charge in [-0.05, 0) is 18.8 Å². The Bertz CT molecular complexity index is 103. The molecule has 0 aliphatic heterocycles. The van der Waals surface area contributed by atoms with Crippen molar-refractivity contribution >= 4 is 0 Å². The fraction of sp³-hybridized carbons (Fsp3) is 1.00. The molecule has 10 heavy (non-hydrogen) atoms. The summed E-state index contributed by atoms with van der Waals surface area (Å²) in [5.74, 6) is 0.415. The van der Waals surface area contributed by atoms with E-state index < -0.39 is 0 Å². The molecule has 1 aliphatic rings. The summed E-state index contributed by atoms with van der Waals surface area (Å²) in [6, 6.07) is 0. The molecule has 0 unspecified atom stereocenters. The molecule has 2 nitrogen and oxygen atoms in total. The number of ether oxygens (including phenoxy) is 1. The predicted molar refractivity (Wildman–Crippen MR) is 39.8 cm³/mol. The van der Waals surface area contributed by atoms with Gasteiger partial charge in [0.05, 0.1) is 12.2 Å². The highest BCUT2D eigenvalue weighted by Gasteiger charge is 2.28. The zero-order chi connectivity index (χ0) is 7.56. The Kier molecular flexibility index (Phi) is 2.69. The minimum atomic E-state index is -0.237. The molecule has 60 valence electrons. The van der Waals surface area contributed by atoms with E-state index in [1.54, 1.807) is 7.11 Å². The fourth-order valence-corrected chi connectivity index (χ4v) is 1.61. The molecule has 1 saturated carbocycles. The SMILES string of the molecule is CO[C@H]1CCC[C@@H](C)[C@@H]1O. The van der Waals surface area contributed by atoms with Gasteiger partial charge in [0.15, 0.2) is 0 Å². The molecule has 0 amide bonds. The van der Waals surface area contributed by atoms with Gasteiger partial charge in [-0.1, -0.05) is 13.3 Å². The third-order valence-corrected chi connectivity index (χ3v) is 2.41. The lowest BCUT2D eigenvalue weighted by molar-refractivity contribution is -0.0616. The second-order valence-electron chi connectivity index (χ2n) is 3.17. The van der Waals surface area contributed by atoms with Gasteiger partial charge in [0, 0.05) is 7.11 Å². The Morgan fingerprint density at radius 1 is 1.40 bits per heavy atom. The normalized spacial score (nSPS) is 41.7. The molecule has 0 aromatic carbocycles. The molecule has 0 heterocycles. The smallest absolute Gasteiger partial charge is 0.0832 e. The standard InChI is InChI=1S/C8H16O2/c1-6-4-3-5-7(10-2)8(6)9/h6-9H,3-5H2,1-2H3/t6-,7+,8+/m1/s1. The van der Waals surface area contributed by atoms with Gasteiger partial charge in [-0.25, -0.2) is 0 Å². The van der Waals surface area contributed by atoms with E-state index in [1.165, 1.54) is 6.42 Å². The van der Waals surface area contributed by atoms with Crippen LogP contribution in [-0.2, 0) is 4.74 Å². The quantitative estimate of drug-likeness (QED) is 0.599. The van der Waals surface area contributed by atoms with Crippen LogP contribution >= 0.6 is 0 Å². The molecular weight excluding hydrogens is 128 g/mol. The van der Waals surface area contributed by atoms with Crippen LogP contribution in [0.15, 0.2) is 0 Å². The van der Waals surface area contributed by atoms with E-state index in [-0.39, 0.29) is 12.2 Å². The van der Waals surface area contributed by atoms with Crippen molar-refractivity contribution in [1.29, 1.82) is 0 Å². The zero-order valence-corrected chi connectivity index (χ0v) is 6.71. The van der Waals surface area contributed by atoms with Gasteiger partial charge in [0.1, 0.15) is 0 Å². The summed E-state index contributed by atoms with van der Waals surface area (Å²) in [6.07, 6.45) is 3.20. The van der Waals surface area contributed by atoms with E-state index in [2.05, 4.69) is 6.92 Å². The summed E-state index contributed by atoms with van der Waals surface area (Å²) >= 11 is 0. The second kappa shape index (κ2) is 3.35. The van der Waals surface area contributed by atoms with Crippen molar-refractivity contribution in [3.63, 3.8) is 0 Å². The molecule has 1 aliphatic carbocycles. The summed E-state index contributed by atoms with van der Waals surface area (Å²) in [5.41, 5.74) is 0. The Balaban J connectivity index is 2.42. The lowest BCUT2D eigenvalue weighted by atomic mass is 9.86. The van der Waals surface area contributed by atoms with Crippen molar-refractivity contribution in [3.8, 4) is 0 Å². The summed E-state index contributed by atoms with van der Waals surface area (Å²) in [4.78, 5) is 0. The molecule has 1 rings (SSSR count). The average Bonchev–Trinajstić information content (AvgIpc) is 1.95. The van der Waals surface area contributed by atoms with Gasteiger partial charge in [-0.3, -0.25) is 0 Å². The van der Waals surface area contributed by atoms with Crippen molar-refractivity contribution in [2.45, 2.75) is 38.4 Å². The maximum absolute atomic E-state index is 9.51. The Morgan fingerprint density at radius 2 is 2.10 bits per heavy atom. The zero-order valence-electron chi connectivity index (χ0n) is 6.71. The molecule has 0 aromatic rings. The van der Waals surface area contributed by atoms with Crippen LogP contribution in [0.3, 0.4) is 0 Å². The first-order chi connectivity index (χ1) is 4.75. The van der Waals surface area contributed by atoms with Crippen LogP contribution in [0.4, 0.5) is 0 Å². The van der Waals surface area contributed by atoms with Crippen LogP contribution < -0.4 is 0 Å². The van der Waals surface area contributed by atoms with Crippen molar-refractivity contribution in [2.24, 2.45) is 5.92 Å². The van der Waals surface area contributed by atoms with Crippen LogP contribution in [0.2, 0.25) is 0 Å². The van der Waals surface area contributed by atoms with Gasteiger partial charge in [-0.15, -0.1) is 0 Å². The van der Waals surface area contributed by atoms with Gasteiger partial charge in [-0.2, -0.15) is 0 Å². The minimum absolute atomic E-state index is 0.0868. The number of rotatable bonds is 1. The molecular formula is C8H16O2. The maximum atomic E-state index is 9.51. The third-order valence-electron chi connectivity index (χ3n) is 2.41. The van der Waals surface area contributed by atoms with E-state index in [9.17, 15) is 5.11 Å². The average molecular weight is 144 g/mol. The molecule has 0 spiro atoms. The van der Waals surface area contributed by atoms with Gasteiger partial charge < -0.3 is 9.84 Å². The number of hydrogen-bond donors (Lipinski definition) is 1. The van der Waals surface area contributed by atoms with E-state index in [0.29, 0.717) is 5.92 Å². The minimum Gasteiger partial charge on any atom is -0.390 e. The third kappa shape index (κ3) is 1.50. The van der Waals surface area contributed by atoms with Crippen LogP contribution in [0.1, 0.15) is 26.2 Å². The molecule has 1 N–H and O–H groups in total. The largest absolute Gasteiger partial charge is 0.390 e. The van der Waals surface area contributed by atoms with Crippen LogP contribution in [0, 0.1) is 5.92 Å². The van der Waals surface area contributed by atoms with Crippen molar-refractivity contribution < 1.29 is 9.84 Å². The molecule has 1 fully saturated rings. The fourth-order valence-electron chi connectivity index (χ4n) is 1.61. The first kappa shape index (κ1) is 8.02. The molecule has 0 saturated heterocycles. The Labute approximate surface area is 62.2 Å². The predicted octanol–water partition coefficient (Wildman–Crippen LogP) is 1.18. The molecule has 2 heteroatoms. The number of aliphatic hydroxyl groups is 1. The lowest BCUT2D eigenvalue weighted by Crippen LogP contribution is -2.37. The number of methoxy groups -OCH3 is 1. The summed E-state index contributed by atoms with van der Waals surface area (Å²) in [7, 11) is 1.67. The summed E-state index contributed by atoms with van der Waals surface area (Å²) < 4.78 is 5.12. The Hall–Kier alpha value is -0.0800. The first-order valence-electron chi connectivity index (χ1n) is 3.96. The highest BCUT2D eigenvalue weighted by molar-refractivity contribution is 4.79. The Morgan fingerprint density at radius 3 is 2.60 bits per heavy atom. The van der Waals surface area contributed by atoms with Gasteiger partial charge in [0.25, 0.3) is 0 Å². The number of aliphatic hydroxyl groups excluding tert-OH is 1. The van der Waals surface area contributed by atoms with Gasteiger partial charge >= 0.3 is 0 Å². The summed E-state index contributed by atoms with van der Waals surface area (Å²) in [6.45, 7) is 2.08. The highest BCUT2D eigenvalue weighted by atomic mass is 16.5. The second-order valence-corrected chi connectivity index (χ2v) is 3.17. The molecule has 0 radical (unpaired) electrons. The highest BCUT2D eigenvalue weighted by Crippen LogP contribution is 2.25. The van der Waals surface area contributed by atoms with Crippen molar-refractivity contribution in [2.75, 3.05) is 7.11 Å². The van der Waals surface area contributed by atoms with Crippen molar-refractivity contribution in [3.05, 3.63) is 0 Å². The van der Waals surface area contributed by atoms with E-state index >= 15 is 0 Å². The topological polar surface area (TPSA) is 29.5 Å².